The van der Waals surface area contributed by atoms with E-state index in [1.165, 1.54) is 0 Å². The molecule has 1 aliphatic rings. The van der Waals surface area contributed by atoms with Gasteiger partial charge in [0.1, 0.15) is 16.3 Å². The first-order chi connectivity index (χ1) is 13.4. The standard InChI is InChI=1S/C20H22ClN5O2/c1-10-7-23-14(11(2)17(10)28-3)9-26-8-13(6-12-4-5-12)16(27)15-18(21)24-20(22)25-19(15)26/h7-8,12H,4-6,9H2,1-3H3,(H2,22,24,25). The normalized spacial score (nSPS) is 13.9. The Hall–Kier alpha value is -2.67. The average molecular weight is 400 g/mol. The van der Waals surface area contributed by atoms with Crippen LogP contribution in [0.4, 0.5) is 5.95 Å². The molecule has 1 fully saturated rings. The minimum atomic E-state index is -0.116. The van der Waals surface area contributed by atoms with Gasteiger partial charge in [-0.15, -0.1) is 0 Å². The topological polar surface area (TPSA) is 95.9 Å². The zero-order valence-electron chi connectivity index (χ0n) is 16.1. The zero-order chi connectivity index (χ0) is 20.0. The minimum absolute atomic E-state index is 0.0340. The molecular weight excluding hydrogens is 378 g/mol. The predicted molar refractivity (Wildman–Crippen MR) is 109 cm³/mol. The Balaban J connectivity index is 1.90. The number of aromatic nitrogens is 4. The summed E-state index contributed by atoms with van der Waals surface area (Å²) in [6.45, 7) is 4.35. The van der Waals surface area contributed by atoms with Gasteiger partial charge in [0.25, 0.3) is 0 Å². The van der Waals surface area contributed by atoms with Crippen molar-refractivity contribution in [2.45, 2.75) is 39.7 Å². The SMILES string of the molecule is COc1c(C)cnc(Cn2cc(CC3CC3)c(=O)c3c(Cl)nc(N)nc32)c1C. The first-order valence-electron chi connectivity index (χ1n) is 9.23. The molecule has 0 bridgehead atoms. The molecule has 3 heterocycles. The summed E-state index contributed by atoms with van der Waals surface area (Å²) < 4.78 is 7.41. The second-order valence-electron chi connectivity index (χ2n) is 7.38. The van der Waals surface area contributed by atoms with Crippen LogP contribution in [-0.2, 0) is 13.0 Å². The van der Waals surface area contributed by atoms with Gasteiger partial charge in [0.15, 0.2) is 11.1 Å². The lowest BCUT2D eigenvalue weighted by molar-refractivity contribution is 0.406. The molecule has 0 unspecified atom stereocenters. The van der Waals surface area contributed by atoms with E-state index in [1.54, 1.807) is 13.3 Å². The van der Waals surface area contributed by atoms with Crippen molar-refractivity contribution in [2.75, 3.05) is 12.8 Å². The highest BCUT2D eigenvalue weighted by molar-refractivity contribution is 6.34. The number of pyridine rings is 2. The second kappa shape index (κ2) is 7.05. The van der Waals surface area contributed by atoms with Gasteiger partial charge in [-0.1, -0.05) is 11.6 Å². The summed E-state index contributed by atoms with van der Waals surface area (Å²) in [4.78, 5) is 25.9. The van der Waals surface area contributed by atoms with Gasteiger partial charge in [0.05, 0.1) is 19.3 Å². The Morgan fingerprint density at radius 1 is 1.32 bits per heavy atom. The fraction of sp³-hybridized carbons (Fsp3) is 0.400. The fourth-order valence-electron chi connectivity index (χ4n) is 3.60. The molecule has 2 N–H and O–H groups in total. The highest BCUT2D eigenvalue weighted by atomic mass is 35.5. The monoisotopic (exact) mass is 399 g/mol. The van der Waals surface area contributed by atoms with Crippen LogP contribution in [0, 0.1) is 19.8 Å². The van der Waals surface area contributed by atoms with Crippen molar-refractivity contribution in [3.8, 4) is 5.75 Å². The highest BCUT2D eigenvalue weighted by Crippen LogP contribution is 2.32. The van der Waals surface area contributed by atoms with Crippen LogP contribution in [0.15, 0.2) is 17.2 Å². The molecular formula is C20H22ClN5O2. The van der Waals surface area contributed by atoms with E-state index in [4.69, 9.17) is 22.1 Å². The van der Waals surface area contributed by atoms with E-state index in [1.807, 2.05) is 24.6 Å². The van der Waals surface area contributed by atoms with Crippen LogP contribution in [0.3, 0.4) is 0 Å². The maximum atomic E-state index is 13.0. The summed E-state index contributed by atoms with van der Waals surface area (Å²) in [5, 5.41) is 0.399. The van der Waals surface area contributed by atoms with Crippen molar-refractivity contribution >= 4 is 28.6 Å². The number of hydrogen-bond donors (Lipinski definition) is 1. The predicted octanol–water partition coefficient (Wildman–Crippen LogP) is 3.05. The smallest absolute Gasteiger partial charge is 0.223 e. The van der Waals surface area contributed by atoms with Crippen LogP contribution < -0.4 is 15.9 Å². The van der Waals surface area contributed by atoms with Gasteiger partial charge in [-0.25, -0.2) is 4.98 Å². The van der Waals surface area contributed by atoms with Gasteiger partial charge in [0.2, 0.25) is 5.95 Å². The number of nitrogen functional groups attached to an aromatic ring is 1. The summed E-state index contributed by atoms with van der Waals surface area (Å²) >= 11 is 6.29. The number of halogens is 1. The van der Waals surface area contributed by atoms with Crippen molar-refractivity contribution in [1.29, 1.82) is 0 Å². The number of rotatable bonds is 5. The molecule has 4 rings (SSSR count). The molecule has 1 saturated carbocycles. The van der Waals surface area contributed by atoms with Crippen molar-refractivity contribution < 1.29 is 4.74 Å². The van der Waals surface area contributed by atoms with Gasteiger partial charge in [0, 0.05) is 29.1 Å². The molecule has 3 aromatic heterocycles. The number of hydrogen-bond acceptors (Lipinski definition) is 6. The zero-order valence-corrected chi connectivity index (χ0v) is 16.9. The van der Waals surface area contributed by atoms with E-state index in [0.717, 1.165) is 47.4 Å². The van der Waals surface area contributed by atoms with Crippen LogP contribution >= 0.6 is 11.6 Å². The third-order valence-corrected chi connectivity index (χ3v) is 5.51. The van der Waals surface area contributed by atoms with E-state index in [-0.39, 0.29) is 16.5 Å². The van der Waals surface area contributed by atoms with Crippen molar-refractivity contribution in [3.05, 3.63) is 50.2 Å². The third-order valence-electron chi connectivity index (χ3n) is 5.24. The summed E-state index contributed by atoms with van der Waals surface area (Å²) in [6, 6.07) is 0. The number of nitrogens with zero attached hydrogens (tertiary/aromatic N) is 4. The molecule has 28 heavy (non-hydrogen) atoms. The maximum absolute atomic E-state index is 13.0. The van der Waals surface area contributed by atoms with Crippen LogP contribution in [0.2, 0.25) is 5.15 Å². The van der Waals surface area contributed by atoms with Crippen molar-refractivity contribution in [2.24, 2.45) is 5.92 Å². The van der Waals surface area contributed by atoms with Crippen LogP contribution in [0.25, 0.3) is 11.0 Å². The molecule has 0 atom stereocenters. The Bertz CT molecular complexity index is 1140. The third kappa shape index (κ3) is 3.30. The van der Waals surface area contributed by atoms with Crippen LogP contribution in [0.5, 0.6) is 5.75 Å². The van der Waals surface area contributed by atoms with Gasteiger partial charge >= 0.3 is 0 Å². The van der Waals surface area contributed by atoms with Gasteiger partial charge in [-0.2, -0.15) is 4.98 Å². The Morgan fingerprint density at radius 3 is 2.75 bits per heavy atom. The first kappa shape index (κ1) is 18.7. The molecule has 146 valence electrons. The van der Waals surface area contributed by atoms with Gasteiger partial charge in [-0.05, 0) is 39.0 Å². The lowest BCUT2D eigenvalue weighted by Gasteiger charge is -2.16. The molecule has 0 amide bonds. The lowest BCUT2D eigenvalue weighted by Crippen LogP contribution is -2.19. The summed E-state index contributed by atoms with van der Waals surface area (Å²) in [7, 11) is 1.65. The van der Waals surface area contributed by atoms with Crippen molar-refractivity contribution in [1.82, 2.24) is 19.5 Å². The van der Waals surface area contributed by atoms with Gasteiger partial charge in [-0.3, -0.25) is 9.78 Å². The molecule has 7 nitrogen and oxygen atoms in total. The van der Waals surface area contributed by atoms with E-state index in [0.29, 0.717) is 23.5 Å². The average Bonchev–Trinajstić information content (AvgIpc) is 3.45. The van der Waals surface area contributed by atoms with Crippen molar-refractivity contribution in [3.63, 3.8) is 0 Å². The van der Waals surface area contributed by atoms with E-state index >= 15 is 0 Å². The summed E-state index contributed by atoms with van der Waals surface area (Å²) in [6.07, 6.45) is 6.68. The quantitative estimate of drug-likeness (QED) is 0.662. The Morgan fingerprint density at radius 2 is 2.07 bits per heavy atom. The highest BCUT2D eigenvalue weighted by Gasteiger charge is 2.25. The fourth-order valence-corrected chi connectivity index (χ4v) is 3.86. The van der Waals surface area contributed by atoms with E-state index in [9.17, 15) is 4.79 Å². The minimum Gasteiger partial charge on any atom is -0.496 e. The molecule has 1 aliphatic carbocycles. The molecule has 8 heteroatoms. The molecule has 0 aliphatic heterocycles. The first-order valence-corrected chi connectivity index (χ1v) is 9.61. The number of methoxy groups -OCH3 is 1. The Kier molecular flexibility index (Phi) is 4.71. The largest absolute Gasteiger partial charge is 0.496 e. The molecule has 0 spiro atoms. The summed E-state index contributed by atoms with van der Waals surface area (Å²) in [5.41, 5.74) is 9.58. The molecule has 0 radical (unpaired) electrons. The van der Waals surface area contributed by atoms with E-state index in [2.05, 4.69) is 15.0 Å². The van der Waals surface area contributed by atoms with Crippen LogP contribution in [0.1, 0.15) is 35.2 Å². The number of anilines is 1. The maximum Gasteiger partial charge on any atom is 0.223 e. The van der Waals surface area contributed by atoms with Gasteiger partial charge < -0.3 is 15.0 Å². The number of fused-ring (bicyclic) bond motifs is 1. The molecule has 0 aromatic carbocycles. The lowest BCUT2D eigenvalue weighted by atomic mass is 10.1. The summed E-state index contributed by atoms with van der Waals surface area (Å²) in [5.74, 6) is 1.40. The number of nitrogens with two attached hydrogens (primary N) is 1. The second-order valence-corrected chi connectivity index (χ2v) is 7.73. The van der Waals surface area contributed by atoms with E-state index < -0.39 is 0 Å². The molecule has 3 aromatic rings. The number of ether oxygens (including phenoxy) is 1. The molecule has 0 saturated heterocycles. The number of aryl methyl sites for hydroxylation is 1. The van der Waals surface area contributed by atoms with Crippen LogP contribution in [-0.4, -0.2) is 26.6 Å². The Labute approximate surface area is 167 Å².